The van der Waals surface area contributed by atoms with Gasteiger partial charge in [0, 0.05) is 20.3 Å². The van der Waals surface area contributed by atoms with Gasteiger partial charge in [0.2, 0.25) is 0 Å². The lowest BCUT2D eigenvalue weighted by molar-refractivity contribution is 0.0919. The van der Waals surface area contributed by atoms with Crippen molar-refractivity contribution in [3.8, 4) is 0 Å². The highest BCUT2D eigenvalue weighted by molar-refractivity contribution is 7.90. The Morgan fingerprint density at radius 3 is 2.52 bits per heavy atom. The monoisotopic (exact) mass is 405 g/mol. The average molecular weight is 406 g/mol. The maximum absolute atomic E-state index is 12.5. The van der Waals surface area contributed by atoms with Gasteiger partial charge in [-0.3, -0.25) is 4.79 Å². The van der Waals surface area contributed by atoms with Gasteiger partial charge in [0.15, 0.2) is 15.6 Å². The molecule has 1 aromatic heterocycles. The summed E-state index contributed by atoms with van der Waals surface area (Å²) in [5.41, 5.74) is 0. The molecular weight excluding hydrogens is 389 g/mol. The molecule has 1 aromatic carbocycles. The summed E-state index contributed by atoms with van der Waals surface area (Å²) in [5.74, 6) is -0.714. The van der Waals surface area contributed by atoms with Crippen molar-refractivity contribution < 1.29 is 22.4 Å². The standard InChI is InChI=1S/C16H17Cl2NO5S/c1-23-9-3-8-19-16(20)14-7-6-11(24-14)10-25(21,22)15-12(17)4-2-5-13(15)18/h2,4-7H,3,8-10H2,1H3,(H,19,20). The molecule has 0 atom stereocenters. The molecule has 136 valence electrons. The molecule has 0 spiro atoms. The Morgan fingerprint density at radius 2 is 1.88 bits per heavy atom. The van der Waals surface area contributed by atoms with Crippen LogP contribution < -0.4 is 5.32 Å². The third-order valence-electron chi connectivity index (χ3n) is 3.26. The molecule has 0 fully saturated rings. The highest BCUT2D eigenvalue weighted by Gasteiger charge is 2.24. The van der Waals surface area contributed by atoms with Crippen LogP contribution in [-0.4, -0.2) is 34.6 Å². The molecule has 0 saturated heterocycles. The Bertz CT molecular complexity index is 828. The molecule has 1 heterocycles. The molecule has 0 radical (unpaired) electrons. The smallest absolute Gasteiger partial charge is 0.286 e. The Morgan fingerprint density at radius 1 is 1.20 bits per heavy atom. The summed E-state index contributed by atoms with van der Waals surface area (Å²) >= 11 is 11.9. The third-order valence-corrected chi connectivity index (χ3v) is 5.84. The van der Waals surface area contributed by atoms with Gasteiger partial charge in [-0.1, -0.05) is 29.3 Å². The predicted octanol–water partition coefficient (Wildman–Crippen LogP) is 3.33. The van der Waals surface area contributed by atoms with Crippen LogP contribution in [0.5, 0.6) is 0 Å². The van der Waals surface area contributed by atoms with Crippen molar-refractivity contribution in [3.63, 3.8) is 0 Å². The minimum absolute atomic E-state index is 0.0351. The van der Waals surface area contributed by atoms with Crippen LogP contribution in [0.3, 0.4) is 0 Å². The minimum atomic E-state index is -3.82. The highest BCUT2D eigenvalue weighted by atomic mass is 35.5. The number of nitrogens with one attached hydrogen (secondary N) is 1. The molecule has 0 saturated carbocycles. The van der Waals surface area contributed by atoms with Crippen molar-refractivity contribution in [1.82, 2.24) is 5.32 Å². The normalized spacial score (nSPS) is 11.5. The maximum Gasteiger partial charge on any atom is 0.286 e. The molecule has 0 bridgehead atoms. The molecule has 9 heteroatoms. The third kappa shape index (κ3) is 5.22. The first kappa shape index (κ1) is 19.8. The van der Waals surface area contributed by atoms with Crippen molar-refractivity contribution in [1.29, 1.82) is 0 Å². The first-order chi connectivity index (χ1) is 11.8. The van der Waals surface area contributed by atoms with Crippen molar-refractivity contribution in [3.05, 3.63) is 51.9 Å². The number of amides is 1. The van der Waals surface area contributed by atoms with Crippen LogP contribution in [-0.2, 0) is 20.3 Å². The predicted molar refractivity (Wildman–Crippen MR) is 94.9 cm³/mol. The van der Waals surface area contributed by atoms with Crippen LogP contribution in [0.2, 0.25) is 10.0 Å². The number of hydrogen-bond acceptors (Lipinski definition) is 5. The zero-order chi connectivity index (χ0) is 18.4. The van der Waals surface area contributed by atoms with Crippen molar-refractivity contribution in [2.75, 3.05) is 20.3 Å². The summed E-state index contributed by atoms with van der Waals surface area (Å²) in [6.07, 6.45) is 0.662. The maximum atomic E-state index is 12.5. The van der Waals surface area contributed by atoms with Crippen molar-refractivity contribution in [2.24, 2.45) is 0 Å². The van der Waals surface area contributed by atoms with Crippen LogP contribution in [0.25, 0.3) is 0 Å². The van der Waals surface area contributed by atoms with Crippen LogP contribution in [0.1, 0.15) is 22.7 Å². The summed E-state index contributed by atoms with van der Waals surface area (Å²) in [6.45, 7) is 0.955. The van der Waals surface area contributed by atoms with E-state index < -0.39 is 21.5 Å². The van der Waals surface area contributed by atoms with Gasteiger partial charge in [-0.2, -0.15) is 0 Å². The van der Waals surface area contributed by atoms with Gasteiger partial charge in [-0.05, 0) is 30.7 Å². The number of halogens is 2. The number of carbonyl (C=O) groups is 1. The fourth-order valence-corrected chi connectivity index (χ4v) is 4.63. The molecule has 2 aromatic rings. The van der Waals surface area contributed by atoms with E-state index in [1.165, 1.54) is 24.3 Å². The second kappa shape index (κ2) is 8.71. The molecule has 0 unspecified atom stereocenters. The lowest BCUT2D eigenvalue weighted by Gasteiger charge is -2.07. The summed E-state index contributed by atoms with van der Waals surface area (Å²) in [6, 6.07) is 7.31. The zero-order valence-electron chi connectivity index (χ0n) is 13.4. The van der Waals surface area contributed by atoms with Crippen LogP contribution in [0, 0.1) is 0 Å². The van der Waals surface area contributed by atoms with E-state index in [-0.39, 0.29) is 26.5 Å². The van der Waals surface area contributed by atoms with Crippen LogP contribution >= 0.6 is 23.2 Å². The van der Waals surface area contributed by atoms with Gasteiger partial charge < -0.3 is 14.5 Å². The van der Waals surface area contributed by atoms with Gasteiger partial charge in [0.1, 0.15) is 16.4 Å². The van der Waals surface area contributed by atoms with E-state index in [0.717, 1.165) is 0 Å². The van der Waals surface area contributed by atoms with Gasteiger partial charge in [-0.15, -0.1) is 0 Å². The molecule has 0 aliphatic rings. The molecule has 1 N–H and O–H groups in total. The minimum Gasteiger partial charge on any atom is -0.455 e. The fraction of sp³-hybridized carbons (Fsp3) is 0.312. The van der Waals surface area contributed by atoms with E-state index in [4.69, 9.17) is 32.4 Å². The van der Waals surface area contributed by atoms with E-state index in [9.17, 15) is 13.2 Å². The number of furan rings is 1. The molecule has 6 nitrogen and oxygen atoms in total. The number of ether oxygens (including phenoxy) is 1. The van der Waals surface area contributed by atoms with E-state index in [1.807, 2.05) is 0 Å². The number of methoxy groups -OCH3 is 1. The van der Waals surface area contributed by atoms with E-state index in [1.54, 1.807) is 13.2 Å². The second-order valence-corrected chi connectivity index (χ2v) is 7.92. The van der Waals surface area contributed by atoms with Crippen molar-refractivity contribution >= 4 is 38.9 Å². The summed E-state index contributed by atoms with van der Waals surface area (Å²) in [4.78, 5) is 11.8. The van der Waals surface area contributed by atoms with Gasteiger partial charge in [0.05, 0.1) is 10.0 Å². The molecule has 0 aliphatic carbocycles. The highest BCUT2D eigenvalue weighted by Crippen LogP contribution is 2.31. The molecule has 2 rings (SSSR count). The Labute approximate surface area is 156 Å². The number of carbonyl (C=O) groups excluding carboxylic acids is 1. The number of benzene rings is 1. The van der Waals surface area contributed by atoms with Crippen LogP contribution in [0.15, 0.2) is 39.6 Å². The van der Waals surface area contributed by atoms with Gasteiger partial charge >= 0.3 is 0 Å². The first-order valence-corrected chi connectivity index (χ1v) is 9.78. The summed E-state index contributed by atoms with van der Waals surface area (Å²) in [5, 5.41) is 2.73. The Balaban J connectivity index is 2.09. The Hall–Kier alpha value is -1.54. The second-order valence-electron chi connectivity index (χ2n) is 5.18. The SMILES string of the molecule is COCCCNC(=O)c1ccc(CS(=O)(=O)c2c(Cl)cccc2Cl)o1. The van der Waals surface area contributed by atoms with Crippen molar-refractivity contribution in [2.45, 2.75) is 17.1 Å². The molecule has 0 aliphatic heterocycles. The van der Waals surface area contributed by atoms with Gasteiger partial charge in [0.25, 0.3) is 5.91 Å². The lowest BCUT2D eigenvalue weighted by atomic mass is 10.4. The zero-order valence-corrected chi connectivity index (χ0v) is 15.7. The van der Waals surface area contributed by atoms with Gasteiger partial charge in [-0.25, -0.2) is 8.42 Å². The van der Waals surface area contributed by atoms with E-state index >= 15 is 0 Å². The molecule has 25 heavy (non-hydrogen) atoms. The number of hydrogen-bond donors (Lipinski definition) is 1. The number of rotatable bonds is 8. The fourth-order valence-electron chi connectivity index (χ4n) is 2.12. The average Bonchev–Trinajstić information content (AvgIpc) is 2.98. The van der Waals surface area contributed by atoms with E-state index in [0.29, 0.717) is 19.6 Å². The quantitative estimate of drug-likeness (QED) is 0.680. The van der Waals surface area contributed by atoms with Crippen LogP contribution in [0.4, 0.5) is 0 Å². The first-order valence-electron chi connectivity index (χ1n) is 7.38. The topological polar surface area (TPSA) is 85.6 Å². The largest absolute Gasteiger partial charge is 0.455 e. The Kier molecular flexibility index (Phi) is 6.89. The molecule has 1 amide bonds. The number of sulfone groups is 1. The summed E-state index contributed by atoms with van der Waals surface area (Å²) in [7, 11) is -2.24. The summed E-state index contributed by atoms with van der Waals surface area (Å²) < 4.78 is 35.3. The molecular formula is C16H17Cl2NO5S. The van der Waals surface area contributed by atoms with E-state index in [2.05, 4.69) is 5.32 Å². The lowest BCUT2D eigenvalue weighted by Crippen LogP contribution is -2.24.